The van der Waals surface area contributed by atoms with Crippen LogP contribution >= 0.6 is 11.6 Å². The summed E-state index contributed by atoms with van der Waals surface area (Å²) in [5.74, 6) is -0.224. The van der Waals surface area contributed by atoms with E-state index in [1.54, 1.807) is 0 Å². The number of benzene rings is 1. The molecule has 0 aromatic heterocycles. The summed E-state index contributed by atoms with van der Waals surface area (Å²) in [6.07, 6.45) is 2.07. The lowest BCUT2D eigenvalue weighted by molar-refractivity contribution is -0.113. The fraction of sp³-hybridized carbons (Fsp3) is 0.471. The second kappa shape index (κ2) is 4.92. The van der Waals surface area contributed by atoms with Gasteiger partial charge in [-0.3, -0.25) is 4.79 Å². The number of carbonyl (C=O) groups is 1. The van der Waals surface area contributed by atoms with E-state index in [1.165, 1.54) is 11.1 Å². The second-order valence-corrected chi connectivity index (χ2v) is 7.45. The first-order chi connectivity index (χ1) is 10.2. The largest absolute Gasteiger partial charge is 0.322 e. The molecule has 4 nitrogen and oxygen atoms in total. The molecule has 0 saturated carbocycles. The Morgan fingerprint density at radius 3 is 2.64 bits per heavy atom. The van der Waals surface area contributed by atoms with E-state index < -0.39 is 5.54 Å². The monoisotopic (exact) mass is 317 g/mol. The molecule has 3 rings (SSSR count). The predicted octanol–water partition coefficient (Wildman–Crippen LogP) is 4.54. The highest BCUT2D eigenvalue weighted by atomic mass is 35.5. The van der Waals surface area contributed by atoms with Crippen molar-refractivity contribution in [3.05, 3.63) is 40.1 Å². The first-order valence-corrected chi connectivity index (χ1v) is 7.87. The molecule has 0 bridgehead atoms. The lowest BCUT2D eigenvalue weighted by atomic mass is 9.86. The van der Waals surface area contributed by atoms with Gasteiger partial charge < -0.3 is 5.32 Å². The van der Waals surface area contributed by atoms with E-state index >= 15 is 0 Å². The Kier molecular flexibility index (Phi) is 3.40. The highest BCUT2D eigenvalue weighted by molar-refractivity contribution is 6.32. The van der Waals surface area contributed by atoms with E-state index in [2.05, 4.69) is 35.5 Å². The molecule has 1 aliphatic heterocycles. The van der Waals surface area contributed by atoms with Crippen molar-refractivity contribution in [2.75, 3.05) is 5.32 Å². The Morgan fingerprint density at radius 1 is 1.27 bits per heavy atom. The number of halogens is 1. The van der Waals surface area contributed by atoms with Crippen molar-refractivity contribution in [1.82, 2.24) is 0 Å². The summed E-state index contributed by atoms with van der Waals surface area (Å²) in [5.41, 5.74) is 3.30. The van der Waals surface area contributed by atoms with Gasteiger partial charge in [-0.05, 0) is 49.3 Å². The van der Waals surface area contributed by atoms with Gasteiger partial charge in [0, 0.05) is 5.69 Å². The molecule has 1 aliphatic carbocycles. The van der Waals surface area contributed by atoms with E-state index in [9.17, 15) is 4.79 Å². The van der Waals surface area contributed by atoms with E-state index in [-0.39, 0.29) is 16.5 Å². The molecule has 22 heavy (non-hydrogen) atoms. The Morgan fingerprint density at radius 2 is 2.00 bits per heavy atom. The molecule has 1 amide bonds. The average Bonchev–Trinajstić information content (AvgIpc) is 2.87. The zero-order valence-electron chi connectivity index (χ0n) is 13.3. The molecule has 0 saturated heterocycles. The molecule has 0 unspecified atom stereocenters. The number of amides is 1. The summed E-state index contributed by atoms with van der Waals surface area (Å²) in [6.45, 7) is 8.14. The van der Waals surface area contributed by atoms with Crippen LogP contribution in [-0.2, 0) is 16.6 Å². The third-order valence-electron chi connectivity index (χ3n) is 4.59. The van der Waals surface area contributed by atoms with E-state index in [1.807, 2.05) is 26.0 Å². The van der Waals surface area contributed by atoms with Gasteiger partial charge in [0.25, 0.3) is 5.91 Å². The van der Waals surface area contributed by atoms with Gasteiger partial charge in [0.1, 0.15) is 5.54 Å². The van der Waals surface area contributed by atoms with Crippen LogP contribution < -0.4 is 5.32 Å². The number of hydrogen-bond acceptors (Lipinski definition) is 3. The number of rotatable bonds is 2. The van der Waals surface area contributed by atoms with Crippen LogP contribution in [0.5, 0.6) is 0 Å². The molecule has 0 fully saturated rings. The van der Waals surface area contributed by atoms with Crippen LogP contribution in [0.1, 0.15) is 45.2 Å². The van der Waals surface area contributed by atoms with Gasteiger partial charge in [-0.2, -0.15) is 5.11 Å². The fourth-order valence-electron chi connectivity index (χ4n) is 3.26. The summed E-state index contributed by atoms with van der Waals surface area (Å²) in [6, 6.07) is 6.09. The highest BCUT2D eigenvalue weighted by Gasteiger charge is 2.37. The SMILES string of the molecule is CC1(C)N=NC(Cl)=C1C(=O)Nc1cccc2c1CCC2(C)C. The van der Waals surface area contributed by atoms with Crippen LogP contribution in [0, 0.1) is 0 Å². The number of anilines is 1. The fourth-order valence-corrected chi connectivity index (χ4v) is 3.61. The van der Waals surface area contributed by atoms with Gasteiger partial charge in [-0.1, -0.05) is 37.6 Å². The Bertz CT molecular complexity index is 717. The normalized spacial score (nSPS) is 21.1. The molecule has 0 spiro atoms. The minimum absolute atomic E-state index is 0.157. The Labute approximate surface area is 135 Å². The third-order valence-corrected chi connectivity index (χ3v) is 4.85. The molecule has 1 aromatic carbocycles. The van der Waals surface area contributed by atoms with E-state index in [4.69, 9.17) is 11.6 Å². The second-order valence-electron chi connectivity index (χ2n) is 7.09. The zero-order chi connectivity index (χ0) is 16.1. The number of hydrogen-bond donors (Lipinski definition) is 1. The summed E-state index contributed by atoms with van der Waals surface area (Å²) in [4.78, 5) is 12.6. The average molecular weight is 318 g/mol. The van der Waals surface area contributed by atoms with Crippen LogP contribution in [0.3, 0.4) is 0 Å². The number of azo groups is 1. The molecule has 1 aromatic rings. The molecule has 2 aliphatic rings. The van der Waals surface area contributed by atoms with E-state index in [0.29, 0.717) is 5.57 Å². The van der Waals surface area contributed by atoms with Crippen LogP contribution in [0.2, 0.25) is 0 Å². The van der Waals surface area contributed by atoms with Crippen LogP contribution in [-0.4, -0.2) is 11.4 Å². The first kappa shape index (κ1) is 15.2. The van der Waals surface area contributed by atoms with Crippen LogP contribution in [0.25, 0.3) is 0 Å². The number of carbonyl (C=O) groups excluding carboxylic acids is 1. The molecule has 1 heterocycles. The highest BCUT2D eigenvalue weighted by Crippen LogP contribution is 2.42. The Hall–Kier alpha value is -1.68. The lowest BCUT2D eigenvalue weighted by Gasteiger charge is -2.20. The minimum Gasteiger partial charge on any atom is -0.322 e. The summed E-state index contributed by atoms with van der Waals surface area (Å²) < 4.78 is 0. The maximum absolute atomic E-state index is 12.6. The number of nitrogens with one attached hydrogen (secondary N) is 1. The van der Waals surface area contributed by atoms with Crippen molar-refractivity contribution in [3.63, 3.8) is 0 Å². The van der Waals surface area contributed by atoms with Crippen molar-refractivity contribution in [1.29, 1.82) is 0 Å². The topological polar surface area (TPSA) is 53.8 Å². The summed E-state index contributed by atoms with van der Waals surface area (Å²) in [7, 11) is 0. The lowest BCUT2D eigenvalue weighted by Crippen LogP contribution is -2.28. The Balaban J connectivity index is 1.92. The molecule has 0 atom stereocenters. The zero-order valence-corrected chi connectivity index (χ0v) is 14.1. The minimum atomic E-state index is -0.682. The molecular formula is C17H20ClN3O. The van der Waals surface area contributed by atoms with Crippen molar-refractivity contribution in [2.24, 2.45) is 10.2 Å². The molecule has 116 valence electrons. The summed E-state index contributed by atoms with van der Waals surface area (Å²) in [5, 5.41) is 11.1. The van der Waals surface area contributed by atoms with Crippen LogP contribution in [0.15, 0.2) is 39.2 Å². The number of nitrogens with zero attached hydrogens (tertiary/aromatic N) is 2. The predicted molar refractivity (Wildman–Crippen MR) is 88.2 cm³/mol. The first-order valence-electron chi connectivity index (χ1n) is 7.49. The van der Waals surface area contributed by atoms with Gasteiger partial charge in [-0.25, -0.2) is 0 Å². The van der Waals surface area contributed by atoms with Gasteiger partial charge >= 0.3 is 0 Å². The molecular weight excluding hydrogens is 298 g/mol. The number of fused-ring (bicyclic) bond motifs is 1. The van der Waals surface area contributed by atoms with Crippen molar-refractivity contribution in [3.8, 4) is 0 Å². The van der Waals surface area contributed by atoms with Gasteiger partial charge in [0.2, 0.25) is 0 Å². The standard InChI is InChI=1S/C17H20ClN3O/c1-16(2)9-8-10-11(16)6-5-7-12(10)19-15(22)13-14(18)20-21-17(13,3)4/h5-7H,8-9H2,1-4H3,(H,19,22). The third kappa shape index (κ3) is 2.35. The summed E-state index contributed by atoms with van der Waals surface area (Å²) >= 11 is 6.04. The van der Waals surface area contributed by atoms with Gasteiger partial charge in [-0.15, -0.1) is 5.11 Å². The van der Waals surface area contributed by atoms with Crippen LogP contribution in [0.4, 0.5) is 5.69 Å². The van der Waals surface area contributed by atoms with Crippen molar-refractivity contribution in [2.45, 2.75) is 51.5 Å². The van der Waals surface area contributed by atoms with Crippen molar-refractivity contribution < 1.29 is 4.79 Å². The molecule has 1 N–H and O–H groups in total. The van der Waals surface area contributed by atoms with Gasteiger partial charge in [0.15, 0.2) is 5.16 Å². The molecule has 5 heteroatoms. The van der Waals surface area contributed by atoms with E-state index in [0.717, 1.165) is 18.5 Å². The maximum Gasteiger partial charge on any atom is 0.257 e. The quantitative estimate of drug-likeness (QED) is 0.800. The molecule has 0 radical (unpaired) electrons. The van der Waals surface area contributed by atoms with Gasteiger partial charge in [0.05, 0.1) is 5.57 Å². The smallest absolute Gasteiger partial charge is 0.257 e. The maximum atomic E-state index is 12.6. The van der Waals surface area contributed by atoms with Crippen molar-refractivity contribution >= 4 is 23.2 Å².